The quantitative estimate of drug-likeness (QED) is 0.872. The molecule has 19 heavy (non-hydrogen) atoms. The van der Waals surface area contributed by atoms with Gasteiger partial charge in [-0.05, 0) is 34.6 Å². The van der Waals surface area contributed by atoms with E-state index in [4.69, 9.17) is 0 Å². The van der Waals surface area contributed by atoms with E-state index in [9.17, 15) is 9.90 Å². The molecule has 0 aliphatic heterocycles. The first kappa shape index (κ1) is 15.9. The van der Waals surface area contributed by atoms with Crippen LogP contribution in [0.15, 0.2) is 5.38 Å². The van der Waals surface area contributed by atoms with Crippen LogP contribution in [0.1, 0.15) is 44.4 Å². The third-order valence-electron chi connectivity index (χ3n) is 2.59. The molecule has 0 aliphatic carbocycles. The number of nitrogens with zero attached hydrogens (tertiary/aromatic N) is 2. The van der Waals surface area contributed by atoms with Crippen molar-refractivity contribution in [1.82, 2.24) is 15.2 Å². The van der Waals surface area contributed by atoms with Crippen molar-refractivity contribution in [2.75, 3.05) is 13.1 Å². The van der Waals surface area contributed by atoms with E-state index < -0.39 is 5.60 Å². The van der Waals surface area contributed by atoms with Gasteiger partial charge in [0, 0.05) is 17.6 Å². The van der Waals surface area contributed by atoms with Crippen LogP contribution in [0.25, 0.3) is 0 Å². The van der Waals surface area contributed by atoms with Gasteiger partial charge in [-0.1, -0.05) is 0 Å². The number of hydrogen-bond donors (Lipinski definition) is 2. The van der Waals surface area contributed by atoms with Crippen molar-refractivity contribution in [2.24, 2.45) is 0 Å². The normalized spacial score (nSPS) is 13.2. The summed E-state index contributed by atoms with van der Waals surface area (Å²) in [5.41, 5.74) is 0.0684. The number of carbonyl (C=O) groups is 1. The molecule has 1 aromatic rings. The van der Waals surface area contributed by atoms with Gasteiger partial charge in [-0.3, -0.25) is 0 Å². The molecular weight excluding hydrogens is 262 g/mol. The lowest BCUT2D eigenvalue weighted by Gasteiger charge is -2.29. The molecule has 5 nitrogen and oxygen atoms in total. The van der Waals surface area contributed by atoms with Gasteiger partial charge in [0.25, 0.3) is 0 Å². The second-order valence-electron chi connectivity index (χ2n) is 5.32. The van der Waals surface area contributed by atoms with Crippen molar-refractivity contribution in [2.45, 2.75) is 46.3 Å². The monoisotopic (exact) mass is 285 g/mol. The molecule has 0 fully saturated rings. The Hall–Kier alpha value is -1.14. The standard InChI is InChI=1S/C13H23N3O2S/c1-6-16(8-13(4,5)18)12(17)15-10(3)11-14-9(2)7-19-11/h7,10,18H,6,8H2,1-5H3,(H,15,17). The number of rotatable bonds is 5. The van der Waals surface area contributed by atoms with E-state index in [0.717, 1.165) is 10.7 Å². The number of aliphatic hydroxyl groups is 1. The summed E-state index contributed by atoms with van der Waals surface area (Å²) in [4.78, 5) is 18.1. The molecule has 0 bridgehead atoms. The average Bonchev–Trinajstić information content (AvgIpc) is 2.71. The van der Waals surface area contributed by atoms with E-state index in [2.05, 4.69) is 10.3 Å². The lowest BCUT2D eigenvalue weighted by Crippen LogP contribution is -2.47. The Bertz CT molecular complexity index is 426. The Labute approximate surface area is 118 Å². The third kappa shape index (κ3) is 5.16. The van der Waals surface area contributed by atoms with Crippen molar-refractivity contribution in [3.8, 4) is 0 Å². The Morgan fingerprint density at radius 1 is 1.63 bits per heavy atom. The number of thiazole rings is 1. The summed E-state index contributed by atoms with van der Waals surface area (Å²) in [5.74, 6) is 0. The molecule has 0 aromatic carbocycles. The molecule has 0 spiro atoms. The van der Waals surface area contributed by atoms with Gasteiger partial charge in [-0.25, -0.2) is 9.78 Å². The minimum Gasteiger partial charge on any atom is -0.389 e. The van der Waals surface area contributed by atoms with Gasteiger partial charge in [0.05, 0.1) is 18.2 Å². The number of likely N-dealkylation sites (N-methyl/N-ethyl adjacent to an activating group) is 1. The topological polar surface area (TPSA) is 65.5 Å². The molecule has 6 heteroatoms. The lowest BCUT2D eigenvalue weighted by molar-refractivity contribution is 0.0476. The maximum absolute atomic E-state index is 12.1. The number of carbonyl (C=O) groups excluding carboxylic acids is 1. The Kier molecular flexibility index (Phi) is 5.31. The zero-order valence-electron chi connectivity index (χ0n) is 12.2. The van der Waals surface area contributed by atoms with Gasteiger partial charge in [-0.2, -0.15) is 0 Å². The molecule has 1 atom stereocenters. The molecule has 0 aliphatic rings. The fraction of sp³-hybridized carbons (Fsp3) is 0.692. The number of aryl methyl sites for hydroxylation is 1. The van der Waals surface area contributed by atoms with Crippen molar-refractivity contribution >= 4 is 17.4 Å². The minimum absolute atomic E-state index is 0.123. The first-order chi connectivity index (χ1) is 8.73. The summed E-state index contributed by atoms with van der Waals surface area (Å²) in [6.45, 7) is 9.98. The summed E-state index contributed by atoms with van der Waals surface area (Å²) in [6, 6.07) is -0.299. The molecule has 2 amide bonds. The van der Waals surface area contributed by atoms with E-state index in [0.29, 0.717) is 13.1 Å². The van der Waals surface area contributed by atoms with Crippen LogP contribution >= 0.6 is 11.3 Å². The molecule has 0 saturated heterocycles. The number of aromatic nitrogens is 1. The molecule has 2 N–H and O–H groups in total. The maximum atomic E-state index is 12.1. The zero-order valence-corrected chi connectivity index (χ0v) is 13.0. The van der Waals surface area contributed by atoms with Gasteiger partial charge in [-0.15, -0.1) is 11.3 Å². The van der Waals surface area contributed by atoms with Gasteiger partial charge in [0.2, 0.25) is 0 Å². The van der Waals surface area contributed by atoms with Gasteiger partial charge in [0.1, 0.15) is 5.01 Å². The van der Waals surface area contributed by atoms with Gasteiger partial charge >= 0.3 is 6.03 Å². The Balaban J connectivity index is 2.62. The number of urea groups is 1. The average molecular weight is 285 g/mol. The molecule has 1 aromatic heterocycles. The first-order valence-electron chi connectivity index (χ1n) is 6.42. The summed E-state index contributed by atoms with van der Waals surface area (Å²) in [7, 11) is 0. The Morgan fingerprint density at radius 2 is 2.26 bits per heavy atom. The highest BCUT2D eigenvalue weighted by Crippen LogP contribution is 2.17. The molecule has 1 rings (SSSR count). The smallest absolute Gasteiger partial charge is 0.318 e. The van der Waals surface area contributed by atoms with E-state index in [1.54, 1.807) is 18.7 Å². The highest BCUT2D eigenvalue weighted by Gasteiger charge is 2.23. The minimum atomic E-state index is -0.894. The van der Waals surface area contributed by atoms with E-state index >= 15 is 0 Å². The van der Waals surface area contributed by atoms with Crippen LogP contribution in [0.3, 0.4) is 0 Å². The van der Waals surface area contributed by atoms with Crippen molar-refractivity contribution in [3.63, 3.8) is 0 Å². The van der Waals surface area contributed by atoms with Crippen molar-refractivity contribution < 1.29 is 9.90 Å². The second kappa shape index (κ2) is 6.34. The third-order valence-corrected chi connectivity index (χ3v) is 3.74. The lowest BCUT2D eigenvalue weighted by atomic mass is 10.1. The molecule has 108 valence electrons. The fourth-order valence-electron chi connectivity index (χ4n) is 1.70. The molecule has 0 saturated carbocycles. The van der Waals surface area contributed by atoms with E-state index in [-0.39, 0.29) is 12.1 Å². The predicted octanol–water partition coefficient (Wildman–Crippen LogP) is 2.31. The van der Waals surface area contributed by atoms with Crippen LogP contribution in [-0.4, -0.2) is 39.7 Å². The van der Waals surface area contributed by atoms with Gasteiger partial charge < -0.3 is 15.3 Å². The second-order valence-corrected chi connectivity index (χ2v) is 6.21. The van der Waals surface area contributed by atoms with Crippen LogP contribution in [-0.2, 0) is 0 Å². The van der Waals surface area contributed by atoms with Crippen LogP contribution in [0.4, 0.5) is 4.79 Å². The van der Waals surface area contributed by atoms with Gasteiger partial charge in [0.15, 0.2) is 0 Å². The summed E-state index contributed by atoms with van der Waals surface area (Å²) in [5, 5.41) is 15.6. The van der Waals surface area contributed by atoms with Crippen LogP contribution in [0.5, 0.6) is 0 Å². The highest BCUT2D eigenvalue weighted by atomic mass is 32.1. The predicted molar refractivity (Wildman–Crippen MR) is 77.3 cm³/mol. The molecule has 1 heterocycles. The van der Waals surface area contributed by atoms with Crippen LogP contribution in [0.2, 0.25) is 0 Å². The van der Waals surface area contributed by atoms with E-state index in [1.807, 2.05) is 26.2 Å². The number of hydrogen-bond acceptors (Lipinski definition) is 4. The van der Waals surface area contributed by atoms with Crippen molar-refractivity contribution in [3.05, 3.63) is 16.1 Å². The largest absolute Gasteiger partial charge is 0.389 e. The number of nitrogens with one attached hydrogen (secondary N) is 1. The van der Waals surface area contributed by atoms with Crippen molar-refractivity contribution in [1.29, 1.82) is 0 Å². The fourth-order valence-corrected chi connectivity index (χ4v) is 2.51. The Morgan fingerprint density at radius 3 is 2.68 bits per heavy atom. The zero-order chi connectivity index (χ0) is 14.6. The summed E-state index contributed by atoms with van der Waals surface area (Å²) in [6.07, 6.45) is 0. The van der Waals surface area contributed by atoms with Crippen LogP contribution < -0.4 is 5.32 Å². The molecule has 0 radical (unpaired) electrons. The molecular formula is C13H23N3O2S. The first-order valence-corrected chi connectivity index (χ1v) is 7.30. The highest BCUT2D eigenvalue weighted by molar-refractivity contribution is 7.09. The van der Waals surface area contributed by atoms with Crippen LogP contribution in [0, 0.1) is 6.92 Å². The van der Waals surface area contributed by atoms with E-state index in [1.165, 1.54) is 11.3 Å². The maximum Gasteiger partial charge on any atom is 0.318 e. The molecule has 1 unspecified atom stereocenters. The summed E-state index contributed by atoms with van der Waals surface area (Å²) < 4.78 is 0. The summed E-state index contributed by atoms with van der Waals surface area (Å²) >= 11 is 1.54. The number of amides is 2. The SMILES string of the molecule is CCN(CC(C)(C)O)C(=O)NC(C)c1nc(C)cs1.